The number of hydrogen-bond donors (Lipinski definition) is 2. The van der Waals surface area contributed by atoms with Gasteiger partial charge in [-0.25, -0.2) is 13.4 Å². The molecule has 3 saturated heterocycles. The monoisotopic (exact) mass is 568 g/mol. The molecule has 5 rings (SSSR count). The van der Waals surface area contributed by atoms with Gasteiger partial charge in [0.2, 0.25) is 5.91 Å². The molecule has 3 atom stereocenters. The summed E-state index contributed by atoms with van der Waals surface area (Å²) in [6.07, 6.45) is 2.64. The number of ketones is 1. The number of anilines is 1. The van der Waals surface area contributed by atoms with Crippen LogP contribution in [0, 0.1) is 5.92 Å². The number of likely N-dealkylation sites (tertiary alicyclic amines) is 1. The summed E-state index contributed by atoms with van der Waals surface area (Å²) in [6.45, 7) is 6.23. The molecule has 2 N–H and O–H groups in total. The number of piperazine rings is 1. The summed E-state index contributed by atoms with van der Waals surface area (Å²) in [5.74, 6) is -0.608. The van der Waals surface area contributed by atoms with Crippen LogP contribution in [0.1, 0.15) is 36.5 Å². The number of fused-ring (bicyclic) bond motifs is 1. The number of hydrogen-bond acceptors (Lipinski definition) is 8. The normalized spacial score (nSPS) is 22.3. The molecule has 0 saturated carbocycles. The summed E-state index contributed by atoms with van der Waals surface area (Å²) < 4.78 is 27.4. The van der Waals surface area contributed by atoms with E-state index in [9.17, 15) is 22.8 Å². The summed E-state index contributed by atoms with van der Waals surface area (Å²) in [4.78, 5) is 46.4. The SMILES string of the molecule is CC(CCNC(=O)c1ccc(N2CCNCC2)cc1)CC(=O)N1CCC2C1C(=O)CN2S(=O)(=O)c1ccccn1. The molecule has 0 bridgehead atoms. The summed E-state index contributed by atoms with van der Waals surface area (Å²) in [7, 11) is -3.93. The van der Waals surface area contributed by atoms with Crippen molar-refractivity contribution in [2.75, 3.05) is 50.7 Å². The van der Waals surface area contributed by atoms with E-state index in [2.05, 4.69) is 20.5 Å². The van der Waals surface area contributed by atoms with Crippen molar-refractivity contribution < 1.29 is 22.8 Å². The summed E-state index contributed by atoms with van der Waals surface area (Å²) in [6, 6.07) is 10.9. The highest BCUT2D eigenvalue weighted by Gasteiger charge is 2.53. The number of nitrogens with zero attached hydrogens (tertiary/aromatic N) is 4. The van der Waals surface area contributed by atoms with Crippen LogP contribution in [0.25, 0.3) is 0 Å². The molecule has 214 valence electrons. The van der Waals surface area contributed by atoms with Crippen LogP contribution in [0.15, 0.2) is 53.7 Å². The highest BCUT2D eigenvalue weighted by Crippen LogP contribution is 2.34. The summed E-state index contributed by atoms with van der Waals surface area (Å²) in [5, 5.41) is 6.16. The minimum atomic E-state index is -3.93. The van der Waals surface area contributed by atoms with Crippen LogP contribution >= 0.6 is 0 Å². The third-order valence-corrected chi connectivity index (χ3v) is 9.75. The topological polar surface area (TPSA) is 132 Å². The molecule has 1 aromatic heterocycles. The van der Waals surface area contributed by atoms with Gasteiger partial charge in [0.15, 0.2) is 10.8 Å². The molecule has 2 aromatic rings. The van der Waals surface area contributed by atoms with Crippen LogP contribution in [0.3, 0.4) is 0 Å². The van der Waals surface area contributed by atoms with Gasteiger partial charge in [-0.1, -0.05) is 13.0 Å². The minimum absolute atomic E-state index is 0.0215. The molecule has 4 heterocycles. The Morgan fingerprint density at radius 3 is 2.55 bits per heavy atom. The van der Waals surface area contributed by atoms with E-state index in [0.29, 0.717) is 31.5 Å². The first-order valence-corrected chi connectivity index (χ1v) is 15.3. The second-order valence-electron chi connectivity index (χ2n) is 10.7. The average Bonchev–Trinajstić information content (AvgIpc) is 3.55. The number of nitrogens with one attached hydrogen (secondary N) is 2. The number of benzene rings is 1. The fourth-order valence-corrected chi connectivity index (χ4v) is 7.35. The molecule has 40 heavy (non-hydrogen) atoms. The maximum atomic E-state index is 13.1. The van der Waals surface area contributed by atoms with Crippen molar-refractivity contribution in [2.45, 2.75) is 43.3 Å². The third-order valence-electron chi connectivity index (χ3n) is 7.97. The number of Topliss-reactive ketones (excluding diaryl/α,β-unsaturated/α-hetero) is 1. The average molecular weight is 569 g/mol. The second-order valence-corrected chi connectivity index (χ2v) is 12.5. The predicted molar refractivity (Wildman–Crippen MR) is 149 cm³/mol. The number of aromatic nitrogens is 1. The van der Waals surface area contributed by atoms with Gasteiger partial charge >= 0.3 is 0 Å². The van der Waals surface area contributed by atoms with E-state index in [-0.39, 0.29) is 41.5 Å². The van der Waals surface area contributed by atoms with Crippen LogP contribution in [0.4, 0.5) is 5.69 Å². The lowest BCUT2D eigenvalue weighted by Crippen LogP contribution is -2.44. The Hall–Kier alpha value is -3.35. The van der Waals surface area contributed by atoms with E-state index in [1.54, 1.807) is 12.1 Å². The number of carbonyl (C=O) groups is 3. The van der Waals surface area contributed by atoms with E-state index in [0.717, 1.165) is 31.9 Å². The fourth-order valence-electron chi connectivity index (χ4n) is 5.79. The van der Waals surface area contributed by atoms with E-state index >= 15 is 0 Å². The van der Waals surface area contributed by atoms with Gasteiger partial charge in [0, 0.05) is 63.1 Å². The van der Waals surface area contributed by atoms with Gasteiger partial charge in [0.1, 0.15) is 6.04 Å². The molecule has 0 radical (unpaired) electrons. The van der Waals surface area contributed by atoms with Gasteiger partial charge in [-0.05, 0) is 55.2 Å². The van der Waals surface area contributed by atoms with Gasteiger partial charge < -0.3 is 20.4 Å². The molecule has 12 heteroatoms. The van der Waals surface area contributed by atoms with Crippen molar-refractivity contribution in [1.82, 2.24) is 24.8 Å². The van der Waals surface area contributed by atoms with Crippen molar-refractivity contribution in [1.29, 1.82) is 0 Å². The quantitative estimate of drug-likeness (QED) is 0.456. The Bertz CT molecular complexity index is 1330. The molecule has 2 amide bonds. The molecule has 3 fully saturated rings. The number of sulfonamides is 1. The van der Waals surface area contributed by atoms with E-state index in [4.69, 9.17) is 0 Å². The zero-order valence-corrected chi connectivity index (χ0v) is 23.5. The third kappa shape index (κ3) is 5.89. The Balaban J connectivity index is 1.10. The van der Waals surface area contributed by atoms with Crippen molar-refractivity contribution in [3.8, 4) is 0 Å². The van der Waals surface area contributed by atoms with Gasteiger partial charge in [0.25, 0.3) is 15.9 Å². The van der Waals surface area contributed by atoms with Crippen molar-refractivity contribution in [3.05, 3.63) is 54.2 Å². The predicted octanol–water partition coefficient (Wildman–Crippen LogP) is 0.880. The maximum Gasteiger partial charge on any atom is 0.261 e. The first-order chi connectivity index (χ1) is 19.3. The second kappa shape index (κ2) is 12.0. The first kappa shape index (κ1) is 28.2. The number of rotatable bonds is 9. The van der Waals surface area contributed by atoms with Crippen LogP contribution in [-0.2, 0) is 19.6 Å². The lowest BCUT2D eigenvalue weighted by Gasteiger charge is -2.29. The molecule has 0 spiro atoms. The van der Waals surface area contributed by atoms with Crippen molar-refractivity contribution >= 4 is 33.3 Å². The van der Waals surface area contributed by atoms with Crippen molar-refractivity contribution in [3.63, 3.8) is 0 Å². The maximum absolute atomic E-state index is 13.1. The largest absolute Gasteiger partial charge is 0.369 e. The number of amides is 2. The molecule has 3 aliphatic rings. The first-order valence-electron chi connectivity index (χ1n) is 13.8. The Morgan fingerprint density at radius 2 is 1.85 bits per heavy atom. The zero-order chi connectivity index (χ0) is 28.3. The van der Waals surface area contributed by atoms with E-state index < -0.39 is 22.1 Å². The highest BCUT2D eigenvalue weighted by atomic mass is 32.2. The van der Waals surface area contributed by atoms with Gasteiger partial charge in [-0.2, -0.15) is 4.31 Å². The van der Waals surface area contributed by atoms with Crippen LogP contribution in [0.2, 0.25) is 0 Å². The summed E-state index contributed by atoms with van der Waals surface area (Å²) in [5.41, 5.74) is 1.70. The van der Waals surface area contributed by atoms with Crippen LogP contribution < -0.4 is 15.5 Å². The van der Waals surface area contributed by atoms with E-state index in [1.165, 1.54) is 21.5 Å². The van der Waals surface area contributed by atoms with Crippen LogP contribution in [0.5, 0.6) is 0 Å². The van der Waals surface area contributed by atoms with Gasteiger partial charge in [0.05, 0.1) is 12.6 Å². The smallest absolute Gasteiger partial charge is 0.261 e. The van der Waals surface area contributed by atoms with Gasteiger partial charge in [-0.3, -0.25) is 14.4 Å². The fraction of sp³-hybridized carbons (Fsp3) is 0.500. The number of pyridine rings is 1. The minimum Gasteiger partial charge on any atom is -0.369 e. The molecule has 1 aromatic carbocycles. The standard InChI is InChI=1S/C28H36N6O5S/c1-20(9-12-31-28(37)21-5-7-22(8-6-21)32-16-13-29-14-17-32)18-26(36)33-15-10-23-27(33)24(35)19-34(23)40(38,39)25-4-2-3-11-30-25/h2-8,11,20,23,27,29H,9-10,12-19H2,1H3,(H,31,37). The molecule has 3 unspecified atom stereocenters. The molecule has 0 aliphatic carbocycles. The Morgan fingerprint density at radius 1 is 1.10 bits per heavy atom. The lowest BCUT2D eigenvalue weighted by atomic mass is 10.0. The number of carbonyl (C=O) groups excluding carboxylic acids is 3. The summed E-state index contributed by atoms with van der Waals surface area (Å²) >= 11 is 0. The Kier molecular flexibility index (Phi) is 8.48. The Labute approximate surface area is 235 Å². The van der Waals surface area contributed by atoms with Crippen LogP contribution in [-0.4, -0.2) is 98.1 Å². The van der Waals surface area contributed by atoms with Gasteiger partial charge in [-0.15, -0.1) is 0 Å². The van der Waals surface area contributed by atoms with E-state index in [1.807, 2.05) is 31.2 Å². The molecule has 11 nitrogen and oxygen atoms in total. The molecule has 3 aliphatic heterocycles. The lowest BCUT2D eigenvalue weighted by molar-refractivity contribution is -0.137. The van der Waals surface area contributed by atoms with Crippen molar-refractivity contribution in [2.24, 2.45) is 5.92 Å². The zero-order valence-electron chi connectivity index (χ0n) is 22.7. The molecular formula is C28H36N6O5S. The molecular weight excluding hydrogens is 532 g/mol. The highest BCUT2D eigenvalue weighted by molar-refractivity contribution is 7.89.